The summed E-state index contributed by atoms with van der Waals surface area (Å²) in [5.41, 5.74) is 0. The van der Waals surface area contributed by atoms with Gasteiger partial charge in [-0.1, -0.05) is 6.92 Å². The van der Waals surface area contributed by atoms with E-state index in [2.05, 4.69) is 26.8 Å². The summed E-state index contributed by atoms with van der Waals surface area (Å²) in [6.45, 7) is 5.98. The zero-order chi connectivity index (χ0) is 13.0. The van der Waals surface area contributed by atoms with Crippen molar-refractivity contribution in [3.05, 3.63) is 5.28 Å². The predicted octanol–water partition coefficient (Wildman–Crippen LogP) is 1.21. The van der Waals surface area contributed by atoms with E-state index in [1.807, 2.05) is 11.9 Å². The molecule has 0 spiro atoms. The summed E-state index contributed by atoms with van der Waals surface area (Å²) in [5, 5.41) is 0.240. The van der Waals surface area contributed by atoms with Gasteiger partial charge in [0, 0.05) is 26.7 Å². The number of anilines is 2. The van der Waals surface area contributed by atoms with E-state index in [0.29, 0.717) is 25.1 Å². The van der Waals surface area contributed by atoms with Gasteiger partial charge in [0.15, 0.2) is 0 Å². The Bertz CT molecular complexity index is 397. The molecule has 2 rings (SSSR count). The first-order valence-electron chi connectivity index (χ1n) is 6.16. The molecule has 0 unspecified atom stereocenters. The van der Waals surface area contributed by atoms with Crippen molar-refractivity contribution in [3.63, 3.8) is 0 Å². The number of halogens is 1. The van der Waals surface area contributed by atoms with Crippen LogP contribution in [0.5, 0.6) is 0 Å². The van der Waals surface area contributed by atoms with Crippen LogP contribution >= 0.6 is 11.6 Å². The first-order chi connectivity index (χ1) is 8.70. The maximum Gasteiger partial charge on any atom is 0.231 e. The van der Waals surface area contributed by atoms with Crippen LogP contribution in [0.25, 0.3) is 0 Å². The van der Waals surface area contributed by atoms with E-state index in [9.17, 15) is 0 Å². The molecule has 0 aliphatic carbocycles. The lowest BCUT2D eigenvalue weighted by molar-refractivity contribution is 0.122. The third-order valence-corrected chi connectivity index (χ3v) is 2.95. The van der Waals surface area contributed by atoms with Crippen molar-refractivity contribution in [1.29, 1.82) is 0 Å². The van der Waals surface area contributed by atoms with Crippen molar-refractivity contribution in [2.24, 2.45) is 0 Å². The zero-order valence-electron chi connectivity index (χ0n) is 10.8. The van der Waals surface area contributed by atoms with Crippen molar-refractivity contribution in [2.75, 3.05) is 49.7 Å². The Labute approximate surface area is 112 Å². The Morgan fingerprint density at radius 1 is 1.28 bits per heavy atom. The number of aromatic nitrogens is 3. The van der Waals surface area contributed by atoms with Gasteiger partial charge in [-0.15, -0.1) is 0 Å². The normalized spacial score (nSPS) is 15.8. The Morgan fingerprint density at radius 2 is 2.00 bits per heavy atom. The van der Waals surface area contributed by atoms with Crippen LogP contribution in [-0.2, 0) is 4.74 Å². The Hall–Kier alpha value is -1.14. The maximum absolute atomic E-state index is 5.97. The van der Waals surface area contributed by atoms with Crippen molar-refractivity contribution in [3.8, 4) is 0 Å². The highest BCUT2D eigenvalue weighted by molar-refractivity contribution is 6.28. The van der Waals surface area contributed by atoms with E-state index in [0.717, 1.165) is 26.1 Å². The first kappa shape index (κ1) is 13.3. The molecule has 0 N–H and O–H groups in total. The average molecular weight is 272 g/mol. The molecule has 0 radical (unpaired) electrons. The molecule has 0 atom stereocenters. The second-order valence-electron chi connectivity index (χ2n) is 4.23. The van der Waals surface area contributed by atoms with Crippen LogP contribution in [0.3, 0.4) is 0 Å². The molecule has 2 heterocycles. The lowest BCUT2D eigenvalue weighted by Gasteiger charge is -2.27. The zero-order valence-corrected chi connectivity index (χ0v) is 11.5. The van der Waals surface area contributed by atoms with Crippen molar-refractivity contribution in [2.45, 2.75) is 13.3 Å². The summed E-state index contributed by atoms with van der Waals surface area (Å²) in [4.78, 5) is 16.9. The van der Waals surface area contributed by atoms with Crippen LogP contribution in [0, 0.1) is 0 Å². The summed E-state index contributed by atoms with van der Waals surface area (Å²) in [6, 6.07) is 0. The molecule has 0 saturated carbocycles. The minimum atomic E-state index is 0.240. The topological polar surface area (TPSA) is 54.4 Å². The molecular formula is C11H18ClN5O. The van der Waals surface area contributed by atoms with Gasteiger partial charge in [-0.05, 0) is 18.0 Å². The highest BCUT2D eigenvalue weighted by Gasteiger charge is 2.17. The fraction of sp³-hybridized carbons (Fsp3) is 0.727. The van der Waals surface area contributed by atoms with Gasteiger partial charge in [0.05, 0.1) is 13.2 Å². The molecule has 18 heavy (non-hydrogen) atoms. The van der Waals surface area contributed by atoms with Gasteiger partial charge in [-0.25, -0.2) is 0 Å². The van der Waals surface area contributed by atoms with Gasteiger partial charge >= 0.3 is 0 Å². The number of rotatable bonds is 4. The van der Waals surface area contributed by atoms with E-state index in [4.69, 9.17) is 16.3 Å². The molecule has 1 saturated heterocycles. The fourth-order valence-electron chi connectivity index (χ4n) is 1.84. The van der Waals surface area contributed by atoms with Gasteiger partial charge in [-0.2, -0.15) is 15.0 Å². The highest BCUT2D eigenvalue weighted by atomic mass is 35.5. The fourth-order valence-corrected chi connectivity index (χ4v) is 1.99. The lowest BCUT2D eigenvalue weighted by Crippen LogP contribution is -2.37. The van der Waals surface area contributed by atoms with Gasteiger partial charge in [0.25, 0.3) is 0 Å². The van der Waals surface area contributed by atoms with E-state index in [1.54, 1.807) is 0 Å². The number of hydrogen-bond donors (Lipinski definition) is 0. The van der Waals surface area contributed by atoms with Gasteiger partial charge in [0.1, 0.15) is 0 Å². The first-order valence-corrected chi connectivity index (χ1v) is 6.54. The molecule has 1 aliphatic heterocycles. The van der Waals surface area contributed by atoms with Crippen molar-refractivity contribution in [1.82, 2.24) is 15.0 Å². The number of ether oxygens (including phenoxy) is 1. The third kappa shape index (κ3) is 3.20. The van der Waals surface area contributed by atoms with E-state index < -0.39 is 0 Å². The van der Waals surface area contributed by atoms with Crippen LogP contribution in [-0.4, -0.2) is 54.8 Å². The standard InChI is InChI=1S/C11H18ClN5O/c1-3-4-16(2)10-13-9(12)14-11(15-10)17-5-7-18-8-6-17/h3-8H2,1-2H3. The third-order valence-electron chi connectivity index (χ3n) is 2.78. The molecule has 0 bridgehead atoms. The van der Waals surface area contributed by atoms with Crippen LogP contribution in [0.1, 0.15) is 13.3 Å². The van der Waals surface area contributed by atoms with Gasteiger partial charge < -0.3 is 14.5 Å². The largest absolute Gasteiger partial charge is 0.378 e. The monoisotopic (exact) mass is 271 g/mol. The molecule has 0 amide bonds. The van der Waals surface area contributed by atoms with Crippen molar-refractivity contribution >= 4 is 23.5 Å². The SMILES string of the molecule is CCCN(C)c1nc(Cl)nc(N2CCOCC2)n1. The Morgan fingerprint density at radius 3 is 2.67 bits per heavy atom. The highest BCUT2D eigenvalue weighted by Crippen LogP contribution is 2.17. The molecule has 6 nitrogen and oxygen atoms in total. The molecular weight excluding hydrogens is 254 g/mol. The van der Waals surface area contributed by atoms with E-state index >= 15 is 0 Å². The lowest BCUT2D eigenvalue weighted by atomic mass is 10.4. The molecule has 100 valence electrons. The second-order valence-corrected chi connectivity index (χ2v) is 4.56. The summed E-state index contributed by atoms with van der Waals surface area (Å²) < 4.78 is 5.31. The van der Waals surface area contributed by atoms with E-state index in [-0.39, 0.29) is 5.28 Å². The minimum absolute atomic E-state index is 0.240. The molecule has 1 aliphatic rings. The summed E-state index contributed by atoms with van der Waals surface area (Å²) in [5.74, 6) is 1.26. The maximum atomic E-state index is 5.97. The summed E-state index contributed by atoms with van der Waals surface area (Å²) >= 11 is 5.97. The van der Waals surface area contributed by atoms with Gasteiger partial charge in [-0.3, -0.25) is 0 Å². The van der Waals surface area contributed by atoms with Crippen molar-refractivity contribution < 1.29 is 4.74 Å². The minimum Gasteiger partial charge on any atom is -0.378 e. The smallest absolute Gasteiger partial charge is 0.231 e. The molecule has 1 fully saturated rings. The summed E-state index contributed by atoms with van der Waals surface area (Å²) in [7, 11) is 1.96. The number of hydrogen-bond acceptors (Lipinski definition) is 6. The molecule has 1 aromatic heterocycles. The van der Waals surface area contributed by atoms with Crippen LogP contribution in [0.15, 0.2) is 0 Å². The van der Waals surface area contributed by atoms with Crippen LogP contribution in [0.4, 0.5) is 11.9 Å². The Kier molecular flexibility index (Phi) is 4.54. The average Bonchev–Trinajstić information content (AvgIpc) is 2.39. The van der Waals surface area contributed by atoms with Gasteiger partial charge in [0.2, 0.25) is 17.2 Å². The van der Waals surface area contributed by atoms with Crippen LogP contribution < -0.4 is 9.80 Å². The summed E-state index contributed by atoms with van der Waals surface area (Å²) in [6.07, 6.45) is 1.03. The predicted molar refractivity (Wildman–Crippen MR) is 71.4 cm³/mol. The number of nitrogens with zero attached hydrogens (tertiary/aromatic N) is 5. The molecule has 7 heteroatoms. The number of morpholine rings is 1. The Balaban J connectivity index is 2.19. The molecule has 1 aromatic rings. The van der Waals surface area contributed by atoms with E-state index in [1.165, 1.54) is 0 Å². The molecule has 0 aromatic carbocycles. The van der Waals surface area contributed by atoms with Crippen LogP contribution in [0.2, 0.25) is 5.28 Å². The second kappa shape index (κ2) is 6.15. The quantitative estimate of drug-likeness (QED) is 0.820.